The molecule has 0 aliphatic carbocycles. The molecule has 0 spiro atoms. The third-order valence-corrected chi connectivity index (χ3v) is 3.49. The first-order valence-corrected chi connectivity index (χ1v) is 7.58. The van der Waals surface area contributed by atoms with Crippen molar-refractivity contribution in [2.75, 3.05) is 13.2 Å². The summed E-state index contributed by atoms with van der Waals surface area (Å²) in [5.74, 6) is 0.839. The summed E-state index contributed by atoms with van der Waals surface area (Å²) in [6, 6.07) is 3.05. The molecule has 0 radical (unpaired) electrons. The number of carbonyl (C=O) groups excluding carboxylic acids is 1. The summed E-state index contributed by atoms with van der Waals surface area (Å²) in [7, 11) is 0. The lowest BCUT2D eigenvalue weighted by Gasteiger charge is -2.19. The first-order valence-electron chi connectivity index (χ1n) is 7.20. The van der Waals surface area contributed by atoms with E-state index >= 15 is 0 Å². The van der Waals surface area contributed by atoms with E-state index in [0.717, 1.165) is 6.42 Å². The van der Waals surface area contributed by atoms with Gasteiger partial charge in [-0.05, 0) is 29.0 Å². The lowest BCUT2D eigenvalue weighted by atomic mass is 10.2. The third kappa shape index (κ3) is 3.37. The molecule has 8 nitrogen and oxygen atoms in total. The standard InChI is InChI=1S/C14H15ClN4O4/c1-2-3-19-12(16-17-18-19)8-23-14(20)9-6-10(15)13-11(7-9)21-4-5-22-13/h6-7H,2-5,8H2,1H3. The Hall–Kier alpha value is -2.35. The van der Waals surface area contributed by atoms with E-state index in [4.69, 9.17) is 25.8 Å². The largest absolute Gasteiger partial charge is 0.486 e. The Morgan fingerprint density at radius 3 is 3.04 bits per heavy atom. The number of halogens is 1. The second-order valence-corrected chi connectivity index (χ2v) is 5.28. The number of rotatable bonds is 5. The Bertz CT molecular complexity index is 719. The van der Waals surface area contributed by atoms with E-state index in [1.165, 1.54) is 6.07 Å². The number of tetrazole rings is 1. The average molecular weight is 339 g/mol. The Morgan fingerprint density at radius 1 is 1.39 bits per heavy atom. The maximum absolute atomic E-state index is 12.2. The topological polar surface area (TPSA) is 88.4 Å². The van der Waals surface area contributed by atoms with Gasteiger partial charge in [0.05, 0.1) is 10.6 Å². The highest BCUT2D eigenvalue weighted by molar-refractivity contribution is 6.32. The molecule has 23 heavy (non-hydrogen) atoms. The lowest BCUT2D eigenvalue weighted by Crippen LogP contribution is -2.17. The van der Waals surface area contributed by atoms with Crippen LogP contribution in [0.15, 0.2) is 12.1 Å². The zero-order valence-electron chi connectivity index (χ0n) is 12.5. The molecule has 0 N–H and O–H groups in total. The fraction of sp³-hybridized carbons (Fsp3) is 0.429. The third-order valence-electron chi connectivity index (χ3n) is 3.21. The van der Waals surface area contributed by atoms with E-state index in [1.54, 1.807) is 10.7 Å². The van der Waals surface area contributed by atoms with Gasteiger partial charge in [-0.1, -0.05) is 18.5 Å². The van der Waals surface area contributed by atoms with Crippen LogP contribution in [-0.2, 0) is 17.9 Å². The molecule has 1 aromatic carbocycles. The van der Waals surface area contributed by atoms with Crippen molar-refractivity contribution in [3.05, 3.63) is 28.5 Å². The number of aryl methyl sites for hydroxylation is 1. The Morgan fingerprint density at radius 2 is 2.22 bits per heavy atom. The van der Waals surface area contributed by atoms with Crippen LogP contribution in [0.4, 0.5) is 0 Å². The van der Waals surface area contributed by atoms with Gasteiger partial charge < -0.3 is 14.2 Å². The molecule has 3 rings (SSSR count). The van der Waals surface area contributed by atoms with Crippen LogP contribution in [-0.4, -0.2) is 39.4 Å². The second-order valence-electron chi connectivity index (χ2n) is 4.88. The van der Waals surface area contributed by atoms with Gasteiger partial charge in [-0.2, -0.15) is 0 Å². The van der Waals surface area contributed by atoms with Gasteiger partial charge in [-0.3, -0.25) is 0 Å². The number of fused-ring (bicyclic) bond motifs is 1. The van der Waals surface area contributed by atoms with Crippen molar-refractivity contribution < 1.29 is 19.0 Å². The molecule has 2 aromatic rings. The Labute approximate surface area is 137 Å². The van der Waals surface area contributed by atoms with Crippen LogP contribution in [0, 0.1) is 0 Å². The molecule has 2 heterocycles. The minimum absolute atomic E-state index is 0.0160. The van der Waals surface area contributed by atoms with Crippen molar-refractivity contribution in [2.24, 2.45) is 0 Å². The molecule has 1 aromatic heterocycles. The molecule has 9 heteroatoms. The second kappa shape index (κ2) is 6.82. The first-order chi connectivity index (χ1) is 11.2. The van der Waals surface area contributed by atoms with Gasteiger partial charge in [0.1, 0.15) is 13.2 Å². The van der Waals surface area contributed by atoms with E-state index in [-0.39, 0.29) is 12.2 Å². The van der Waals surface area contributed by atoms with Gasteiger partial charge in [-0.15, -0.1) is 5.10 Å². The van der Waals surface area contributed by atoms with E-state index in [9.17, 15) is 4.79 Å². The van der Waals surface area contributed by atoms with Crippen molar-refractivity contribution >= 4 is 17.6 Å². The van der Waals surface area contributed by atoms with Crippen LogP contribution in [0.5, 0.6) is 11.5 Å². The van der Waals surface area contributed by atoms with Gasteiger partial charge in [0, 0.05) is 6.54 Å². The van der Waals surface area contributed by atoms with Gasteiger partial charge >= 0.3 is 5.97 Å². The average Bonchev–Trinajstić information content (AvgIpc) is 3.00. The number of hydrogen-bond donors (Lipinski definition) is 0. The highest BCUT2D eigenvalue weighted by Gasteiger charge is 2.20. The number of hydrogen-bond acceptors (Lipinski definition) is 7. The van der Waals surface area contributed by atoms with E-state index < -0.39 is 5.97 Å². The van der Waals surface area contributed by atoms with Crippen molar-refractivity contribution in [1.82, 2.24) is 20.2 Å². The molecule has 0 amide bonds. The number of esters is 1. The minimum atomic E-state index is -0.532. The Kier molecular flexibility index (Phi) is 4.61. The summed E-state index contributed by atoms with van der Waals surface area (Å²) in [6.45, 7) is 3.49. The molecule has 0 unspecified atom stereocenters. The van der Waals surface area contributed by atoms with Crippen LogP contribution in [0.25, 0.3) is 0 Å². The monoisotopic (exact) mass is 338 g/mol. The fourth-order valence-corrected chi connectivity index (χ4v) is 2.42. The molecule has 0 atom stereocenters. The predicted octanol–water partition coefficient (Wildman–Crippen LogP) is 1.86. The predicted molar refractivity (Wildman–Crippen MR) is 79.7 cm³/mol. The Balaban J connectivity index is 1.71. The molecule has 0 saturated carbocycles. The van der Waals surface area contributed by atoms with Gasteiger partial charge in [0.15, 0.2) is 23.9 Å². The van der Waals surface area contributed by atoms with Crippen LogP contribution in [0.1, 0.15) is 29.5 Å². The normalized spacial score (nSPS) is 13.0. The zero-order valence-corrected chi connectivity index (χ0v) is 13.2. The molecular weight excluding hydrogens is 324 g/mol. The quantitative estimate of drug-likeness (QED) is 0.769. The minimum Gasteiger partial charge on any atom is -0.486 e. The van der Waals surface area contributed by atoms with Crippen LogP contribution in [0.2, 0.25) is 5.02 Å². The number of aromatic nitrogens is 4. The molecule has 122 valence electrons. The first kappa shape index (κ1) is 15.5. The maximum Gasteiger partial charge on any atom is 0.338 e. The molecular formula is C14H15ClN4O4. The van der Waals surface area contributed by atoms with E-state index in [0.29, 0.717) is 42.1 Å². The molecule has 0 fully saturated rings. The summed E-state index contributed by atoms with van der Waals surface area (Å²) < 4.78 is 17.7. The van der Waals surface area contributed by atoms with E-state index in [1.807, 2.05) is 6.92 Å². The van der Waals surface area contributed by atoms with Crippen molar-refractivity contribution in [3.8, 4) is 11.5 Å². The van der Waals surface area contributed by atoms with Crippen molar-refractivity contribution in [1.29, 1.82) is 0 Å². The summed E-state index contributed by atoms with van der Waals surface area (Å²) in [6.07, 6.45) is 0.879. The highest BCUT2D eigenvalue weighted by Crippen LogP contribution is 2.38. The number of benzene rings is 1. The highest BCUT2D eigenvalue weighted by atomic mass is 35.5. The van der Waals surface area contributed by atoms with Crippen molar-refractivity contribution in [3.63, 3.8) is 0 Å². The smallest absolute Gasteiger partial charge is 0.338 e. The van der Waals surface area contributed by atoms with Crippen LogP contribution < -0.4 is 9.47 Å². The summed E-state index contributed by atoms with van der Waals surface area (Å²) in [5.41, 5.74) is 0.286. The fourth-order valence-electron chi connectivity index (χ4n) is 2.15. The SMILES string of the molecule is CCCn1nnnc1COC(=O)c1cc(Cl)c2c(c1)OCCO2. The number of ether oxygens (including phenoxy) is 3. The molecule has 1 aliphatic heterocycles. The van der Waals surface area contributed by atoms with E-state index in [2.05, 4.69) is 15.5 Å². The van der Waals surface area contributed by atoms with Gasteiger partial charge in [0.2, 0.25) is 0 Å². The summed E-state index contributed by atoms with van der Waals surface area (Å²) in [4.78, 5) is 12.2. The number of nitrogens with zero attached hydrogens (tertiary/aromatic N) is 4. The van der Waals surface area contributed by atoms with Gasteiger partial charge in [-0.25, -0.2) is 9.48 Å². The maximum atomic E-state index is 12.2. The van der Waals surface area contributed by atoms with Crippen LogP contribution >= 0.6 is 11.6 Å². The molecule has 1 aliphatic rings. The van der Waals surface area contributed by atoms with Crippen molar-refractivity contribution in [2.45, 2.75) is 26.5 Å². The summed E-state index contributed by atoms with van der Waals surface area (Å²) >= 11 is 6.11. The number of carbonyl (C=O) groups is 1. The molecule has 0 bridgehead atoms. The lowest BCUT2D eigenvalue weighted by molar-refractivity contribution is 0.0455. The van der Waals surface area contributed by atoms with Crippen LogP contribution in [0.3, 0.4) is 0 Å². The summed E-state index contributed by atoms with van der Waals surface area (Å²) in [5, 5.41) is 11.6. The molecule has 0 saturated heterocycles. The zero-order chi connectivity index (χ0) is 16.2. The van der Waals surface area contributed by atoms with Gasteiger partial charge in [0.25, 0.3) is 0 Å².